The molecule has 8 nitrogen and oxygen atoms in total. The van der Waals surface area contributed by atoms with Gasteiger partial charge in [0.1, 0.15) is 0 Å². The van der Waals surface area contributed by atoms with E-state index in [0.717, 1.165) is 12.0 Å². The van der Waals surface area contributed by atoms with E-state index in [1.807, 2.05) is 59.2 Å². The summed E-state index contributed by atoms with van der Waals surface area (Å²) in [6, 6.07) is 19.1. The molecule has 0 atom stereocenters. The highest BCUT2D eigenvalue weighted by molar-refractivity contribution is 7.99. The Balaban J connectivity index is 1.29. The minimum Gasteiger partial charge on any atom is -0.490 e. The van der Waals surface area contributed by atoms with Crippen molar-refractivity contribution in [3.05, 3.63) is 72.5 Å². The van der Waals surface area contributed by atoms with Gasteiger partial charge in [-0.05, 0) is 29.8 Å². The molecule has 0 saturated heterocycles. The summed E-state index contributed by atoms with van der Waals surface area (Å²) in [6.45, 7) is 1.78. The molecule has 33 heavy (non-hydrogen) atoms. The van der Waals surface area contributed by atoms with E-state index in [2.05, 4.69) is 15.5 Å². The van der Waals surface area contributed by atoms with Crippen LogP contribution < -0.4 is 14.8 Å². The molecule has 2 aromatic heterocycles. The number of furan rings is 1. The van der Waals surface area contributed by atoms with Gasteiger partial charge in [-0.1, -0.05) is 42.1 Å². The molecule has 0 fully saturated rings. The van der Waals surface area contributed by atoms with Gasteiger partial charge in [0.25, 0.3) is 0 Å². The molecule has 2 aromatic carbocycles. The Kier molecular flexibility index (Phi) is 6.30. The van der Waals surface area contributed by atoms with Crippen molar-refractivity contribution >= 4 is 23.4 Å². The largest absolute Gasteiger partial charge is 0.490 e. The van der Waals surface area contributed by atoms with Gasteiger partial charge < -0.3 is 19.2 Å². The van der Waals surface area contributed by atoms with Gasteiger partial charge in [-0.25, -0.2) is 0 Å². The van der Waals surface area contributed by atoms with E-state index < -0.39 is 0 Å². The molecule has 5 rings (SSSR count). The maximum Gasteiger partial charge on any atom is 0.234 e. The first-order chi connectivity index (χ1) is 16.3. The summed E-state index contributed by atoms with van der Waals surface area (Å²) in [7, 11) is 0. The highest BCUT2D eigenvalue weighted by atomic mass is 32.2. The van der Waals surface area contributed by atoms with Crippen molar-refractivity contribution in [2.45, 2.75) is 18.1 Å². The number of benzene rings is 2. The van der Waals surface area contributed by atoms with Gasteiger partial charge in [-0.15, -0.1) is 10.2 Å². The van der Waals surface area contributed by atoms with Crippen molar-refractivity contribution < 1.29 is 18.7 Å². The zero-order valence-electron chi connectivity index (χ0n) is 17.8. The molecule has 0 spiro atoms. The van der Waals surface area contributed by atoms with Crippen LogP contribution in [0.1, 0.15) is 12.0 Å². The number of carbonyl (C=O) groups is 1. The zero-order chi connectivity index (χ0) is 22.5. The number of hydrogen-bond donors (Lipinski definition) is 1. The van der Waals surface area contributed by atoms with E-state index in [1.165, 1.54) is 11.8 Å². The first kappa shape index (κ1) is 21.1. The average molecular weight is 463 g/mol. The lowest BCUT2D eigenvalue weighted by Gasteiger charge is -2.11. The van der Waals surface area contributed by atoms with Crippen molar-refractivity contribution in [2.75, 3.05) is 24.3 Å². The quantitative estimate of drug-likeness (QED) is 0.405. The third-order valence-corrected chi connectivity index (χ3v) is 5.97. The minimum absolute atomic E-state index is 0.150. The molecule has 9 heteroatoms. The summed E-state index contributed by atoms with van der Waals surface area (Å²) >= 11 is 1.32. The highest BCUT2D eigenvalue weighted by Crippen LogP contribution is 2.32. The maximum absolute atomic E-state index is 12.6. The van der Waals surface area contributed by atoms with E-state index in [4.69, 9.17) is 13.9 Å². The fourth-order valence-electron chi connectivity index (χ4n) is 3.46. The Morgan fingerprint density at radius 2 is 1.85 bits per heavy atom. The molecule has 0 unspecified atom stereocenters. The second-order valence-electron chi connectivity index (χ2n) is 7.40. The predicted octanol–water partition coefficient (Wildman–Crippen LogP) is 4.48. The van der Waals surface area contributed by atoms with Crippen LogP contribution in [0, 0.1) is 0 Å². The van der Waals surface area contributed by atoms with Crippen LogP contribution in [-0.4, -0.2) is 39.6 Å². The van der Waals surface area contributed by atoms with E-state index in [0.29, 0.717) is 53.7 Å². The number of amides is 1. The zero-order valence-corrected chi connectivity index (χ0v) is 18.6. The summed E-state index contributed by atoms with van der Waals surface area (Å²) in [5.41, 5.74) is 1.76. The van der Waals surface area contributed by atoms with Crippen molar-refractivity contribution in [3.63, 3.8) is 0 Å². The number of nitrogens with one attached hydrogen (secondary N) is 1. The van der Waals surface area contributed by atoms with Gasteiger partial charge >= 0.3 is 0 Å². The first-order valence-electron chi connectivity index (χ1n) is 10.6. The van der Waals surface area contributed by atoms with E-state index in [1.54, 1.807) is 12.3 Å². The molecule has 1 aliphatic heterocycles. The lowest BCUT2D eigenvalue weighted by Crippen LogP contribution is -2.15. The number of aromatic nitrogens is 3. The molecule has 3 heterocycles. The molecule has 0 saturated carbocycles. The van der Waals surface area contributed by atoms with Gasteiger partial charge in [-0.3, -0.25) is 9.36 Å². The van der Waals surface area contributed by atoms with Gasteiger partial charge in [0.2, 0.25) is 11.7 Å². The monoisotopic (exact) mass is 462 g/mol. The van der Waals surface area contributed by atoms with E-state index >= 15 is 0 Å². The number of fused-ring (bicyclic) bond motifs is 1. The lowest BCUT2D eigenvalue weighted by molar-refractivity contribution is -0.113. The Morgan fingerprint density at radius 3 is 2.67 bits per heavy atom. The normalized spacial score (nSPS) is 12.8. The smallest absolute Gasteiger partial charge is 0.234 e. The number of carbonyl (C=O) groups excluding carboxylic acids is 1. The molecule has 0 bridgehead atoms. The SMILES string of the molecule is O=C(CSc1nnc(-c2ccco2)n1Cc1ccccc1)Nc1ccc2c(c1)OCCCO2. The van der Waals surface area contributed by atoms with Crippen molar-refractivity contribution in [1.82, 2.24) is 14.8 Å². The second kappa shape index (κ2) is 9.83. The van der Waals surface area contributed by atoms with Crippen molar-refractivity contribution in [1.29, 1.82) is 0 Å². The van der Waals surface area contributed by atoms with Gasteiger partial charge in [0.05, 0.1) is 31.8 Å². The average Bonchev–Trinajstić information content (AvgIpc) is 3.43. The molecule has 0 aliphatic carbocycles. The van der Waals surface area contributed by atoms with Crippen molar-refractivity contribution in [2.24, 2.45) is 0 Å². The third kappa shape index (κ3) is 5.04. The number of hydrogen-bond acceptors (Lipinski definition) is 7. The Bertz CT molecular complexity index is 1220. The molecular weight excluding hydrogens is 440 g/mol. The standard InChI is InChI=1S/C24H22N4O4S/c29-22(25-18-9-10-19-21(14-18)32-13-5-12-30-19)16-33-24-27-26-23(20-8-4-11-31-20)28(24)15-17-6-2-1-3-7-17/h1-4,6-11,14H,5,12-13,15-16H2,(H,25,29). The Labute approximate surface area is 194 Å². The Hall–Kier alpha value is -3.72. The van der Waals surface area contributed by atoms with Gasteiger partial charge in [0.15, 0.2) is 22.4 Å². The van der Waals surface area contributed by atoms with E-state index in [9.17, 15) is 4.79 Å². The minimum atomic E-state index is -0.150. The first-order valence-corrected chi connectivity index (χ1v) is 11.6. The Morgan fingerprint density at radius 1 is 1.00 bits per heavy atom. The fraction of sp³-hybridized carbons (Fsp3) is 0.208. The fourth-order valence-corrected chi connectivity index (χ4v) is 4.20. The van der Waals surface area contributed by atoms with Crippen LogP contribution in [0.25, 0.3) is 11.6 Å². The molecule has 168 valence electrons. The number of nitrogens with zero attached hydrogens (tertiary/aromatic N) is 3. The number of rotatable bonds is 7. The number of ether oxygens (including phenoxy) is 2. The van der Waals surface area contributed by atoms with E-state index in [-0.39, 0.29) is 11.7 Å². The molecule has 4 aromatic rings. The van der Waals surface area contributed by atoms with Crippen LogP contribution in [0.5, 0.6) is 11.5 Å². The number of anilines is 1. The summed E-state index contributed by atoms with van der Waals surface area (Å²) in [6.07, 6.45) is 2.43. The van der Waals surface area contributed by atoms with Crippen LogP contribution >= 0.6 is 11.8 Å². The summed E-state index contributed by atoms with van der Waals surface area (Å²) in [4.78, 5) is 12.6. The maximum atomic E-state index is 12.6. The summed E-state index contributed by atoms with van der Waals surface area (Å²) in [5.74, 6) is 2.61. The van der Waals surface area contributed by atoms with Crippen LogP contribution in [-0.2, 0) is 11.3 Å². The van der Waals surface area contributed by atoms with Crippen LogP contribution in [0.4, 0.5) is 5.69 Å². The highest BCUT2D eigenvalue weighted by Gasteiger charge is 2.18. The molecule has 1 N–H and O–H groups in total. The molecule has 0 radical (unpaired) electrons. The predicted molar refractivity (Wildman–Crippen MR) is 125 cm³/mol. The second-order valence-corrected chi connectivity index (χ2v) is 8.35. The van der Waals surface area contributed by atoms with Crippen LogP contribution in [0.3, 0.4) is 0 Å². The molecule has 1 aliphatic rings. The topological polar surface area (TPSA) is 91.4 Å². The van der Waals surface area contributed by atoms with Gasteiger partial charge in [-0.2, -0.15) is 0 Å². The number of thioether (sulfide) groups is 1. The molecular formula is C24H22N4O4S. The molecule has 1 amide bonds. The summed E-state index contributed by atoms with van der Waals surface area (Å²) < 4.78 is 18.8. The van der Waals surface area contributed by atoms with Crippen LogP contribution in [0.2, 0.25) is 0 Å². The van der Waals surface area contributed by atoms with Crippen LogP contribution in [0.15, 0.2) is 76.5 Å². The van der Waals surface area contributed by atoms with Crippen molar-refractivity contribution in [3.8, 4) is 23.1 Å². The van der Waals surface area contributed by atoms with Gasteiger partial charge in [0, 0.05) is 18.2 Å². The lowest BCUT2D eigenvalue weighted by atomic mass is 10.2. The third-order valence-electron chi connectivity index (χ3n) is 5.01. The summed E-state index contributed by atoms with van der Waals surface area (Å²) in [5, 5.41) is 12.2.